The van der Waals surface area contributed by atoms with Crippen LogP contribution in [0.3, 0.4) is 0 Å². The van der Waals surface area contributed by atoms with E-state index in [0.29, 0.717) is 18.6 Å². The van der Waals surface area contributed by atoms with E-state index in [-0.39, 0.29) is 5.41 Å². The Kier molecular flexibility index (Phi) is 7.28. The summed E-state index contributed by atoms with van der Waals surface area (Å²) in [6.45, 7) is 2.85. The highest BCUT2D eigenvalue weighted by Gasteiger charge is 2.38. The lowest BCUT2D eigenvalue weighted by Crippen LogP contribution is -2.49. The molecule has 1 saturated carbocycles. The molecule has 3 rings (SSSR count). The van der Waals surface area contributed by atoms with Gasteiger partial charge in [-0.2, -0.15) is 0 Å². The molecule has 1 aliphatic carbocycles. The number of benzene rings is 1. The van der Waals surface area contributed by atoms with Gasteiger partial charge in [-0.3, -0.25) is 4.55 Å². The Morgan fingerprint density at radius 2 is 1.89 bits per heavy atom. The lowest BCUT2D eigenvalue weighted by Gasteiger charge is -2.42. The van der Waals surface area contributed by atoms with Crippen LogP contribution in [0.5, 0.6) is 5.75 Å². The first-order valence-corrected chi connectivity index (χ1v) is 11.0. The van der Waals surface area contributed by atoms with Gasteiger partial charge in [-0.25, -0.2) is 8.93 Å². The van der Waals surface area contributed by atoms with E-state index in [1.807, 2.05) is 12.1 Å². The van der Waals surface area contributed by atoms with Crippen molar-refractivity contribution in [1.29, 1.82) is 0 Å². The van der Waals surface area contributed by atoms with Crippen LogP contribution in [0.2, 0.25) is 0 Å². The van der Waals surface area contributed by atoms with Crippen LogP contribution in [0, 0.1) is 0 Å². The number of nitrogens with zero attached hydrogens (tertiary/aromatic N) is 1. The fraction of sp³-hybridized carbons (Fsp3) is 0.700. The van der Waals surface area contributed by atoms with Crippen molar-refractivity contribution in [3.05, 3.63) is 29.8 Å². The molecule has 1 saturated heterocycles. The summed E-state index contributed by atoms with van der Waals surface area (Å²) in [7, 11) is 3.87. The first-order valence-electron chi connectivity index (χ1n) is 9.94. The van der Waals surface area contributed by atoms with Crippen LogP contribution < -0.4 is 14.8 Å². The molecule has 0 radical (unpaired) electrons. The SMILES string of the molecule is COc1cccc(C2(CNS(=O)O)CCC(NC3CCN(C)CC3)CC2)c1. The van der Waals surface area contributed by atoms with Crippen molar-refractivity contribution in [3.8, 4) is 5.75 Å². The average Bonchev–Trinajstić information content (AvgIpc) is 2.69. The fourth-order valence-electron chi connectivity index (χ4n) is 4.57. The number of piperidine rings is 1. The summed E-state index contributed by atoms with van der Waals surface area (Å²) < 4.78 is 28.7. The number of hydrogen-bond donors (Lipinski definition) is 3. The highest BCUT2D eigenvalue weighted by Crippen LogP contribution is 2.40. The molecule has 0 amide bonds. The van der Waals surface area contributed by atoms with E-state index in [9.17, 15) is 8.76 Å². The van der Waals surface area contributed by atoms with Crippen LogP contribution in [0.25, 0.3) is 0 Å². The van der Waals surface area contributed by atoms with Crippen LogP contribution in [-0.4, -0.2) is 59.5 Å². The predicted octanol–water partition coefficient (Wildman–Crippen LogP) is 2.29. The van der Waals surface area contributed by atoms with Crippen molar-refractivity contribution in [3.63, 3.8) is 0 Å². The molecular formula is C20H33N3O3S. The van der Waals surface area contributed by atoms with Crippen molar-refractivity contribution in [2.75, 3.05) is 33.8 Å². The second-order valence-corrected chi connectivity index (χ2v) is 8.89. The first-order chi connectivity index (χ1) is 13.0. The highest BCUT2D eigenvalue weighted by atomic mass is 32.2. The monoisotopic (exact) mass is 395 g/mol. The Balaban J connectivity index is 1.66. The van der Waals surface area contributed by atoms with E-state index in [0.717, 1.165) is 31.4 Å². The lowest BCUT2D eigenvalue weighted by molar-refractivity contribution is 0.191. The van der Waals surface area contributed by atoms with Gasteiger partial charge in [0.05, 0.1) is 7.11 Å². The largest absolute Gasteiger partial charge is 0.497 e. The molecule has 1 heterocycles. The Morgan fingerprint density at radius 1 is 1.22 bits per heavy atom. The van der Waals surface area contributed by atoms with Crippen LogP contribution >= 0.6 is 0 Å². The molecule has 1 aromatic carbocycles. The minimum atomic E-state index is -1.99. The number of hydrogen-bond acceptors (Lipinski definition) is 4. The van der Waals surface area contributed by atoms with E-state index in [1.54, 1.807) is 7.11 Å². The van der Waals surface area contributed by atoms with E-state index in [4.69, 9.17) is 4.74 Å². The Morgan fingerprint density at radius 3 is 2.52 bits per heavy atom. The van der Waals surface area contributed by atoms with Gasteiger partial charge in [-0.1, -0.05) is 12.1 Å². The molecule has 27 heavy (non-hydrogen) atoms. The fourth-order valence-corrected chi connectivity index (χ4v) is 4.97. The Labute approximate surface area is 165 Å². The van der Waals surface area contributed by atoms with Gasteiger partial charge in [-0.05, 0) is 76.4 Å². The molecule has 7 heteroatoms. The van der Waals surface area contributed by atoms with Crippen LogP contribution in [0.4, 0.5) is 0 Å². The zero-order valence-corrected chi connectivity index (χ0v) is 17.3. The van der Waals surface area contributed by atoms with Crippen LogP contribution in [0.15, 0.2) is 24.3 Å². The molecular weight excluding hydrogens is 362 g/mol. The maximum absolute atomic E-state index is 11.3. The Hall–Kier alpha value is -0.990. The minimum absolute atomic E-state index is 0.127. The third-order valence-corrected chi connectivity index (χ3v) is 6.74. The van der Waals surface area contributed by atoms with Crippen molar-refractivity contribution in [2.24, 2.45) is 0 Å². The summed E-state index contributed by atoms with van der Waals surface area (Å²) in [5.41, 5.74) is 1.07. The molecule has 0 bridgehead atoms. The van der Waals surface area contributed by atoms with E-state index in [1.165, 1.54) is 31.5 Å². The average molecular weight is 396 g/mol. The van der Waals surface area contributed by atoms with Crippen molar-refractivity contribution < 1.29 is 13.5 Å². The zero-order valence-electron chi connectivity index (χ0n) is 16.4. The number of rotatable bonds is 7. The number of likely N-dealkylation sites (tertiary alicyclic amines) is 1. The maximum atomic E-state index is 11.3. The normalized spacial score (nSPS) is 28.8. The second-order valence-electron chi connectivity index (χ2n) is 8.10. The molecule has 2 fully saturated rings. The second kappa shape index (κ2) is 9.47. The van der Waals surface area contributed by atoms with Crippen molar-refractivity contribution in [2.45, 2.75) is 56.0 Å². The van der Waals surface area contributed by atoms with Gasteiger partial charge in [0.25, 0.3) is 0 Å². The van der Waals surface area contributed by atoms with Crippen LogP contribution in [-0.2, 0) is 16.7 Å². The Bertz CT molecular complexity index is 627. The van der Waals surface area contributed by atoms with Gasteiger partial charge in [0.2, 0.25) is 11.3 Å². The van der Waals surface area contributed by atoms with Gasteiger partial charge < -0.3 is 15.0 Å². The van der Waals surface area contributed by atoms with Crippen LogP contribution in [0.1, 0.15) is 44.1 Å². The molecule has 152 valence electrons. The topological polar surface area (TPSA) is 73.8 Å². The summed E-state index contributed by atoms with van der Waals surface area (Å²) in [6.07, 6.45) is 6.61. The van der Waals surface area contributed by atoms with Gasteiger partial charge in [0, 0.05) is 24.0 Å². The van der Waals surface area contributed by atoms with E-state index < -0.39 is 11.3 Å². The number of methoxy groups -OCH3 is 1. The molecule has 1 unspecified atom stereocenters. The standard InChI is InChI=1S/C20H33N3O3S/c1-23-12-8-18(9-13-23)22-17-6-10-20(11-7-17,15-21-27(24)25)16-4-3-5-19(14-16)26-2/h3-5,14,17-18,21-22H,6-13,15H2,1-2H3,(H,24,25). The van der Waals surface area contributed by atoms with Crippen molar-refractivity contribution >= 4 is 11.3 Å². The number of ether oxygens (including phenoxy) is 1. The molecule has 1 aliphatic heterocycles. The zero-order chi connectivity index (χ0) is 19.3. The molecule has 3 N–H and O–H groups in total. The third-order valence-electron chi connectivity index (χ3n) is 6.35. The van der Waals surface area contributed by atoms with Gasteiger partial charge >= 0.3 is 0 Å². The quantitative estimate of drug-likeness (QED) is 0.618. The lowest BCUT2D eigenvalue weighted by atomic mass is 9.68. The van der Waals surface area contributed by atoms with E-state index in [2.05, 4.69) is 34.1 Å². The van der Waals surface area contributed by atoms with Crippen molar-refractivity contribution in [1.82, 2.24) is 14.9 Å². The summed E-state index contributed by atoms with van der Waals surface area (Å²) >= 11 is -1.99. The molecule has 1 aromatic rings. The predicted molar refractivity (Wildman–Crippen MR) is 109 cm³/mol. The van der Waals surface area contributed by atoms with Gasteiger partial charge in [-0.15, -0.1) is 0 Å². The maximum Gasteiger partial charge on any atom is 0.231 e. The van der Waals surface area contributed by atoms with Gasteiger partial charge in [0.15, 0.2) is 0 Å². The third kappa shape index (κ3) is 5.51. The number of nitrogens with one attached hydrogen (secondary N) is 2. The smallest absolute Gasteiger partial charge is 0.231 e. The summed E-state index contributed by atoms with van der Waals surface area (Å²) in [5.74, 6) is 0.837. The van der Waals surface area contributed by atoms with Gasteiger partial charge in [0.1, 0.15) is 5.75 Å². The molecule has 0 aromatic heterocycles. The first kappa shape index (κ1) is 20.7. The molecule has 0 spiro atoms. The summed E-state index contributed by atoms with van der Waals surface area (Å²) in [5, 5.41) is 3.87. The van der Waals surface area contributed by atoms with E-state index >= 15 is 0 Å². The minimum Gasteiger partial charge on any atom is -0.497 e. The molecule has 6 nitrogen and oxygen atoms in total. The molecule has 2 aliphatic rings. The summed E-state index contributed by atoms with van der Waals surface area (Å²) in [4.78, 5) is 2.40. The molecule has 1 atom stereocenters. The summed E-state index contributed by atoms with van der Waals surface area (Å²) in [6, 6.07) is 9.31. The highest BCUT2D eigenvalue weighted by molar-refractivity contribution is 7.77.